The Morgan fingerprint density at radius 2 is 2.10 bits per heavy atom. The second kappa shape index (κ2) is 7.20. The molecule has 110 valence electrons. The van der Waals surface area contributed by atoms with Crippen LogP contribution >= 0.6 is 27.3 Å². The maximum Gasteiger partial charge on any atom is 0.240 e. The van der Waals surface area contributed by atoms with Gasteiger partial charge in [-0.25, -0.2) is 13.1 Å². The van der Waals surface area contributed by atoms with Crippen LogP contribution in [-0.4, -0.2) is 15.0 Å². The summed E-state index contributed by atoms with van der Waals surface area (Å²) in [6.07, 6.45) is 0. The van der Waals surface area contributed by atoms with E-state index in [-0.39, 0.29) is 18.0 Å². The molecule has 0 saturated carbocycles. The fourth-order valence-corrected chi connectivity index (χ4v) is 4.16. The van der Waals surface area contributed by atoms with Crippen LogP contribution in [0.25, 0.3) is 0 Å². The number of sulfonamides is 1. The lowest BCUT2D eigenvalue weighted by molar-refractivity contribution is 0.582. The molecule has 2 aromatic rings. The third-order valence-electron chi connectivity index (χ3n) is 2.54. The van der Waals surface area contributed by atoms with Crippen LogP contribution in [0.1, 0.15) is 10.4 Å². The van der Waals surface area contributed by atoms with Gasteiger partial charge in [-0.1, -0.05) is 17.9 Å². The first kappa shape index (κ1) is 16.2. The Hall–Kier alpha value is -1.17. The van der Waals surface area contributed by atoms with Gasteiger partial charge in [-0.3, -0.25) is 0 Å². The second-order valence-electron chi connectivity index (χ2n) is 4.06. The normalized spacial score (nSPS) is 11.0. The molecular weight excluding hydrogens is 372 g/mol. The molecule has 0 spiro atoms. The Kier molecular flexibility index (Phi) is 5.56. The van der Waals surface area contributed by atoms with E-state index in [9.17, 15) is 8.42 Å². The molecule has 0 radical (unpaired) electrons. The van der Waals surface area contributed by atoms with Gasteiger partial charge in [0.15, 0.2) is 0 Å². The number of nitrogens with two attached hydrogens (primary N) is 1. The Morgan fingerprint density at radius 1 is 1.29 bits per heavy atom. The summed E-state index contributed by atoms with van der Waals surface area (Å²) < 4.78 is 28.0. The van der Waals surface area contributed by atoms with Crippen LogP contribution in [0.5, 0.6) is 0 Å². The van der Waals surface area contributed by atoms with Gasteiger partial charge in [0.1, 0.15) is 0 Å². The summed E-state index contributed by atoms with van der Waals surface area (Å²) in [7, 11) is -3.55. The third-order valence-corrected chi connectivity index (χ3v) is 5.57. The van der Waals surface area contributed by atoms with Crippen molar-refractivity contribution in [3.63, 3.8) is 0 Å². The van der Waals surface area contributed by atoms with E-state index in [0.717, 1.165) is 8.66 Å². The molecule has 0 amide bonds. The molecule has 7 heteroatoms. The number of halogens is 1. The van der Waals surface area contributed by atoms with Gasteiger partial charge in [0.05, 0.1) is 15.2 Å². The van der Waals surface area contributed by atoms with Crippen LogP contribution in [0.4, 0.5) is 0 Å². The maximum absolute atomic E-state index is 12.2. The number of nitrogens with one attached hydrogen (secondary N) is 1. The first-order valence-electron chi connectivity index (χ1n) is 6.04. The molecule has 0 bridgehead atoms. The zero-order valence-corrected chi connectivity index (χ0v) is 14.2. The summed E-state index contributed by atoms with van der Waals surface area (Å²) in [6, 6.07) is 10.3. The summed E-state index contributed by atoms with van der Waals surface area (Å²) >= 11 is 4.84. The molecule has 0 atom stereocenters. The van der Waals surface area contributed by atoms with Gasteiger partial charge in [0.25, 0.3) is 0 Å². The van der Waals surface area contributed by atoms with Crippen molar-refractivity contribution >= 4 is 37.3 Å². The highest BCUT2D eigenvalue weighted by atomic mass is 79.9. The highest BCUT2D eigenvalue weighted by molar-refractivity contribution is 9.11. The highest BCUT2D eigenvalue weighted by Crippen LogP contribution is 2.22. The Balaban J connectivity index is 2.15. The largest absolute Gasteiger partial charge is 0.320 e. The van der Waals surface area contributed by atoms with E-state index in [0.29, 0.717) is 5.56 Å². The Labute approximate surface area is 136 Å². The topological polar surface area (TPSA) is 72.2 Å². The number of hydrogen-bond donors (Lipinski definition) is 2. The van der Waals surface area contributed by atoms with Gasteiger partial charge in [-0.15, -0.1) is 11.3 Å². The lowest BCUT2D eigenvalue weighted by Crippen LogP contribution is -2.22. The van der Waals surface area contributed by atoms with Gasteiger partial charge >= 0.3 is 0 Å². The molecule has 0 fully saturated rings. The molecule has 0 aliphatic heterocycles. The molecule has 0 saturated heterocycles. The molecule has 1 heterocycles. The maximum atomic E-state index is 12.2. The number of benzene rings is 1. The lowest BCUT2D eigenvalue weighted by Gasteiger charge is -2.06. The molecule has 3 N–H and O–H groups in total. The van der Waals surface area contributed by atoms with Gasteiger partial charge < -0.3 is 5.73 Å². The van der Waals surface area contributed by atoms with Gasteiger partial charge in [0, 0.05) is 17.0 Å². The predicted molar refractivity (Wildman–Crippen MR) is 88.4 cm³/mol. The van der Waals surface area contributed by atoms with Crippen molar-refractivity contribution in [3.8, 4) is 11.8 Å². The van der Waals surface area contributed by atoms with Crippen molar-refractivity contribution in [1.82, 2.24) is 4.72 Å². The summed E-state index contributed by atoms with van der Waals surface area (Å²) in [4.78, 5) is 1.13. The van der Waals surface area contributed by atoms with Crippen LogP contribution in [0, 0.1) is 11.8 Å². The first-order chi connectivity index (χ1) is 10.0. The molecule has 0 aliphatic carbocycles. The minimum absolute atomic E-state index is 0.196. The van der Waals surface area contributed by atoms with Crippen LogP contribution in [0.15, 0.2) is 45.1 Å². The number of rotatable bonds is 4. The first-order valence-corrected chi connectivity index (χ1v) is 9.13. The molecule has 0 aliphatic rings. The van der Waals surface area contributed by atoms with Crippen LogP contribution in [0.2, 0.25) is 0 Å². The van der Waals surface area contributed by atoms with Gasteiger partial charge in [0.2, 0.25) is 10.0 Å². The monoisotopic (exact) mass is 384 g/mol. The minimum atomic E-state index is -3.55. The van der Waals surface area contributed by atoms with Crippen molar-refractivity contribution in [3.05, 3.63) is 50.6 Å². The predicted octanol–water partition coefficient (Wildman–Crippen LogP) is 2.30. The van der Waals surface area contributed by atoms with Crippen molar-refractivity contribution in [2.75, 3.05) is 6.54 Å². The fraction of sp³-hybridized carbons (Fsp3) is 0.143. The van der Waals surface area contributed by atoms with E-state index in [1.165, 1.54) is 17.4 Å². The average molecular weight is 385 g/mol. The Morgan fingerprint density at radius 3 is 2.76 bits per heavy atom. The van der Waals surface area contributed by atoms with E-state index in [1.807, 2.05) is 12.1 Å². The summed E-state index contributed by atoms with van der Waals surface area (Å²) in [5.41, 5.74) is 5.93. The van der Waals surface area contributed by atoms with Crippen LogP contribution < -0.4 is 10.5 Å². The van der Waals surface area contributed by atoms with Gasteiger partial charge in [-0.2, -0.15) is 0 Å². The number of thiophene rings is 1. The molecular formula is C14H13BrN2O2S2. The highest BCUT2D eigenvalue weighted by Gasteiger charge is 2.14. The minimum Gasteiger partial charge on any atom is -0.320 e. The van der Waals surface area contributed by atoms with Crippen molar-refractivity contribution in [1.29, 1.82) is 0 Å². The van der Waals surface area contributed by atoms with E-state index in [2.05, 4.69) is 32.5 Å². The third kappa shape index (κ3) is 4.66. The van der Waals surface area contributed by atoms with Crippen molar-refractivity contribution < 1.29 is 8.42 Å². The molecule has 1 aromatic carbocycles. The average Bonchev–Trinajstić information content (AvgIpc) is 2.89. The standard InChI is InChI=1S/C14H13BrN2O2S2/c15-14-7-6-12(20-14)10-17-21(18,19)13-5-1-3-11(9-13)4-2-8-16/h1,3,5-7,9,17H,8,10,16H2. The fourth-order valence-electron chi connectivity index (χ4n) is 1.59. The van der Waals surface area contributed by atoms with Crippen molar-refractivity contribution in [2.24, 2.45) is 5.73 Å². The SMILES string of the molecule is NCC#Cc1cccc(S(=O)(=O)NCc2ccc(Br)s2)c1. The van der Waals surface area contributed by atoms with Crippen LogP contribution in [0.3, 0.4) is 0 Å². The second-order valence-corrected chi connectivity index (χ2v) is 8.38. The zero-order valence-electron chi connectivity index (χ0n) is 11.0. The Bertz CT molecular complexity index is 789. The summed E-state index contributed by atoms with van der Waals surface area (Å²) in [5.74, 6) is 5.53. The quantitative estimate of drug-likeness (QED) is 0.794. The molecule has 2 rings (SSSR count). The van der Waals surface area contributed by atoms with Gasteiger partial charge in [-0.05, 0) is 46.3 Å². The number of hydrogen-bond acceptors (Lipinski definition) is 4. The smallest absolute Gasteiger partial charge is 0.240 e. The van der Waals surface area contributed by atoms with Crippen molar-refractivity contribution in [2.45, 2.75) is 11.4 Å². The van der Waals surface area contributed by atoms with E-state index in [4.69, 9.17) is 5.73 Å². The van der Waals surface area contributed by atoms with E-state index < -0.39 is 10.0 Å². The van der Waals surface area contributed by atoms with E-state index >= 15 is 0 Å². The van der Waals surface area contributed by atoms with Crippen LogP contribution in [-0.2, 0) is 16.6 Å². The summed E-state index contributed by atoms with van der Waals surface area (Å²) in [5, 5.41) is 0. The molecule has 0 unspecified atom stereocenters. The molecule has 1 aromatic heterocycles. The molecule has 21 heavy (non-hydrogen) atoms. The summed E-state index contributed by atoms with van der Waals surface area (Å²) in [6.45, 7) is 0.500. The van der Waals surface area contributed by atoms with E-state index in [1.54, 1.807) is 18.2 Å². The lowest BCUT2D eigenvalue weighted by atomic mass is 10.2. The zero-order chi connectivity index (χ0) is 15.3. The molecule has 4 nitrogen and oxygen atoms in total.